The minimum atomic E-state index is -0.931. The molecule has 0 aliphatic rings. The van der Waals surface area contributed by atoms with Crippen molar-refractivity contribution in [2.24, 2.45) is 0 Å². The van der Waals surface area contributed by atoms with Crippen molar-refractivity contribution in [3.8, 4) is 46.3 Å². The van der Waals surface area contributed by atoms with Crippen LogP contribution in [0.4, 0.5) is 17.3 Å². The van der Waals surface area contributed by atoms with Crippen LogP contribution in [0.3, 0.4) is 0 Å². The molecule has 2 amide bonds. The van der Waals surface area contributed by atoms with E-state index in [2.05, 4.69) is 67.7 Å². The van der Waals surface area contributed by atoms with E-state index < -0.39 is 21.1 Å². The van der Waals surface area contributed by atoms with Gasteiger partial charge in [0.1, 0.15) is 11.5 Å². The van der Waals surface area contributed by atoms with Gasteiger partial charge in [0.05, 0.1) is 43.6 Å². The van der Waals surface area contributed by atoms with E-state index in [0.717, 1.165) is 29.5 Å². The van der Waals surface area contributed by atoms with Gasteiger partial charge in [-0.15, -0.1) is 0 Å². The van der Waals surface area contributed by atoms with Crippen molar-refractivity contribution >= 4 is 97.9 Å². The predicted molar refractivity (Wildman–Crippen MR) is 266 cm³/mol. The van der Waals surface area contributed by atoms with Crippen LogP contribution < -0.4 is 50.1 Å². The zero-order chi connectivity index (χ0) is 50.9. The normalized spacial score (nSPS) is 9.56. The summed E-state index contributed by atoms with van der Waals surface area (Å²) in [6.07, 6.45) is 3.08. The van der Waals surface area contributed by atoms with Gasteiger partial charge in [-0.3, -0.25) is 14.4 Å². The fourth-order valence-electron chi connectivity index (χ4n) is 5.34. The average molecular weight is 1180 g/mol. The summed E-state index contributed by atoms with van der Waals surface area (Å²) >= 11 is 11.4. The molecule has 68 heavy (non-hydrogen) atoms. The van der Waals surface area contributed by atoms with E-state index >= 15 is 0 Å². The summed E-state index contributed by atoms with van der Waals surface area (Å²) in [4.78, 5) is 48.8. The number of nitrogen functional groups attached to an aromatic ring is 1. The van der Waals surface area contributed by atoms with Gasteiger partial charge in [0.2, 0.25) is 23.0 Å². The number of aliphatic carboxylic acids is 1. The molecule has 0 radical (unpaired) electrons. The van der Waals surface area contributed by atoms with Crippen molar-refractivity contribution in [3.05, 3.63) is 122 Å². The minimum absolute atomic E-state index is 0.0839. The van der Waals surface area contributed by atoms with Crippen LogP contribution in [0.2, 0.25) is 5.28 Å². The molecule has 0 aliphatic carbocycles. The molecule has 0 saturated carbocycles. The number of carbonyl (C=O) groups excluding carboxylic acids is 2. The molecule has 2 heterocycles. The molecule has 2 aromatic heterocycles. The second kappa shape index (κ2) is 30.6. The summed E-state index contributed by atoms with van der Waals surface area (Å²) < 4.78 is 33.6. The fourth-order valence-corrected chi connectivity index (χ4v) is 6.01. The van der Waals surface area contributed by atoms with Crippen LogP contribution in [0.25, 0.3) is 0 Å². The molecule has 360 valence electrons. The number of benzene rings is 4. The summed E-state index contributed by atoms with van der Waals surface area (Å²) in [5.41, 5.74) is 9.91. The zero-order valence-corrected chi connectivity index (χ0v) is 46.6. The fraction of sp³-hybridized carbons (Fsp3) is 0.205. The summed E-state index contributed by atoms with van der Waals surface area (Å²) in [5.74, 6) is 3.34. The molecule has 0 aliphatic heterocycles. The average Bonchev–Trinajstić information content (AvgIpc) is 3.31. The Bertz CT molecular complexity index is 2620. The Balaban J connectivity index is 0.000000355. The van der Waals surface area contributed by atoms with Crippen molar-refractivity contribution in [1.82, 2.24) is 30.6 Å². The first-order valence-corrected chi connectivity index (χ1v) is 29.1. The Morgan fingerprint density at radius 3 is 1.59 bits per heavy atom. The Morgan fingerprint density at radius 1 is 0.691 bits per heavy atom. The molecule has 6 N–H and O–H groups in total. The van der Waals surface area contributed by atoms with Gasteiger partial charge in [-0.2, -0.15) is 9.97 Å². The number of carboxylic acids is 1. The molecule has 6 rings (SSSR count). The van der Waals surface area contributed by atoms with E-state index in [1.54, 1.807) is 109 Å². The van der Waals surface area contributed by atoms with E-state index in [-0.39, 0.29) is 23.0 Å². The number of hydrogen-bond donors (Lipinski definition) is 5. The van der Waals surface area contributed by atoms with E-state index in [0.29, 0.717) is 66.3 Å². The van der Waals surface area contributed by atoms with Crippen LogP contribution >= 0.6 is 62.8 Å². The number of aryl methyl sites for hydroxylation is 2. The Labute approximate surface area is 430 Å². The summed E-state index contributed by atoms with van der Waals surface area (Å²) in [6.45, 7) is 4.93. The number of nitrogens with two attached hydrogens (primary N) is 1. The van der Waals surface area contributed by atoms with E-state index in [9.17, 15) is 9.59 Å². The van der Waals surface area contributed by atoms with Gasteiger partial charge in [-0.05, 0) is 117 Å². The summed E-state index contributed by atoms with van der Waals surface area (Å²) in [7, 11) is 19.4. The maximum absolute atomic E-state index is 11.8. The van der Waals surface area contributed by atoms with Gasteiger partial charge in [0, 0.05) is 61.9 Å². The van der Waals surface area contributed by atoms with Crippen molar-refractivity contribution in [2.45, 2.75) is 20.8 Å². The molecule has 4 aromatic carbocycles. The van der Waals surface area contributed by atoms with Crippen LogP contribution in [0.1, 0.15) is 38.8 Å². The number of hydrogen-bond acceptors (Lipinski definition) is 15. The number of rotatable bonds is 12. The predicted octanol–water partition coefficient (Wildman–Crippen LogP) is 10.6. The summed E-state index contributed by atoms with van der Waals surface area (Å²) in [6, 6.07) is 20.8. The number of halogens is 5. The molecule has 0 saturated heterocycles. The first kappa shape index (κ1) is 58.4. The molecule has 0 spiro atoms. The number of anilines is 3. The van der Waals surface area contributed by atoms with Gasteiger partial charge < -0.3 is 55.2 Å². The maximum atomic E-state index is 11.8. The molecule has 0 atom stereocenters. The van der Waals surface area contributed by atoms with Gasteiger partial charge >= 0.3 is 34.5 Å². The zero-order valence-electron chi connectivity index (χ0n) is 38.2. The molecule has 24 heteroatoms. The number of methoxy groups -OCH3 is 4. The Hall–Kier alpha value is -5.70. The van der Waals surface area contributed by atoms with Gasteiger partial charge in [-0.1, -0.05) is 12.1 Å². The quantitative estimate of drug-likeness (QED) is 0.0435. The SMILES string of the molecule is CC(=O)O.CNC(=O)c1cccc(Oc2nc(Cl)ncc2Br)c1.CNC(=O)c1cccc(Oc2nc(Nc3cc(C)c(OC)c(OC)c3)ncc2Br)c1.COc1cc(N)cc(C)c1OC.[Cl][Zn][Cl]. The molecule has 0 unspecified atom stereocenters. The molecule has 0 bridgehead atoms. The Kier molecular flexibility index (Phi) is 26.3. The number of carboxylic acid groups (broad SMARTS) is 1. The van der Waals surface area contributed by atoms with Gasteiger partial charge in [0.15, 0.2) is 23.0 Å². The number of nitrogens with one attached hydrogen (secondary N) is 3. The van der Waals surface area contributed by atoms with Crippen LogP contribution in [-0.4, -0.2) is 85.4 Å². The first-order valence-electron chi connectivity index (χ1n) is 19.4. The van der Waals surface area contributed by atoms with Crippen LogP contribution in [0.5, 0.6) is 46.3 Å². The second-order valence-corrected chi connectivity index (χ2v) is 19.6. The monoisotopic (exact) mass is 1170 g/mol. The number of carbonyl (C=O) groups is 3. The first-order chi connectivity index (χ1) is 32.4. The Morgan fingerprint density at radius 2 is 1.13 bits per heavy atom. The van der Waals surface area contributed by atoms with E-state index in [1.807, 2.05) is 26.0 Å². The molecule has 6 aromatic rings. The van der Waals surface area contributed by atoms with Crippen molar-refractivity contribution in [3.63, 3.8) is 0 Å². The van der Waals surface area contributed by atoms with Crippen molar-refractivity contribution < 1.29 is 63.1 Å². The molecular formula is C44H47Br2Cl3N8O10Zn. The van der Waals surface area contributed by atoms with Gasteiger partial charge in [-0.25, -0.2) is 9.97 Å². The summed E-state index contributed by atoms with van der Waals surface area (Å²) in [5, 5.41) is 15.8. The van der Waals surface area contributed by atoms with Crippen molar-refractivity contribution in [2.75, 3.05) is 53.6 Å². The third kappa shape index (κ3) is 19.5. The van der Waals surface area contributed by atoms with Crippen LogP contribution in [0, 0.1) is 13.8 Å². The van der Waals surface area contributed by atoms with Crippen molar-refractivity contribution in [1.29, 1.82) is 0 Å². The van der Waals surface area contributed by atoms with E-state index in [1.165, 1.54) is 6.20 Å². The van der Waals surface area contributed by atoms with Crippen LogP contribution in [-0.2, 0) is 19.9 Å². The van der Waals surface area contributed by atoms with Crippen LogP contribution in [0.15, 0.2) is 94.1 Å². The number of amides is 2. The van der Waals surface area contributed by atoms with Gasteiger partial charge in [0.25, 0.3) is 17.8 Å². The molecule has 18 nitrogen and oxygen atoms in total. The number of nitrogens with zero attached hydrogens (tertiary/aromatic N) is 4. The third-order valence-corrected chi connectivity index (χ3v) is 9.35. The molecule has 0 fully saturated rings. The topological polar surface area (TPSA) is 240 Å². The standard InChI is InChI=1S/C21H21BrN4O4.C12H9BrClN3O2.C9H13NO2.C2H4O2.2ClH.Zn/c1-12-8-14(10-17(28-3)18(12)29-4)25-21-24-11-16(22)20(26-21)30-15-7-5-6-13(9-15)19(27)23-2;1-15-10(18)7-3-2-4-8(5-7)19-11-9(13)6-16-12(14)17-11;1-6-4-7(10)5-8(11-2)9(6)12-3;1-2(3)4;;;/h5-11H,1-4H3,(H,23,27)(H,24,25,26);2-6H,1H3,(H,15,18);4-5H,10H2,1-3H3;1H3,(H,3,4);2*1H;/q;;;;;;+2/p-2. The third-order valence-electron chi connectivity index (χ3n) is 8.08. The number of aromatic nitrogens is 4. The number of ether oxygens (including phenoxy) is 6. The second-order valence-electron chi connectivity index (χ2n) is 12.9. The van der Waals surface area contributed by atoms with E-state index in [4.69, 9.17) is 75.0 Å². The molecular weight excluding hydrogens is 1130 g/mol.